The summed E-state index contributed by atoms with van der Waals surface area (Å²) in [5.41, 5.74) is 7.01. The van der Waals surface area contributed by atoms with E-state index in [0.717, 1.165) is 14.2 Å². The summed E-state index contributed by atoms with van der Waals surface area (Å²) in [6, 6.07) is 0. The van der Waals surface area contributed by atoms with Gasteiger partial charge in [0, 0.05) is 33.9 Å². The van der Waals surface area contributed by atoms with Crippen LogP contribution in [-0.4, -0.2) is 96.4 Å². The molecule has 1 saturated heterocycles. The van der Waals surface area contributed by atoms with Crippen LogP contribution in [0, 0.1) is 0 Å². The minimum absolute atomic E-state index is 0.114. The number of carboxylic acids is 1. The number of carbonyl (C=O) groups excluding carboxylic acids is 2. The van der Waals surface area contributed by atoms with Crippen molar-refractivity contribution in [3.8, 4) is 0 Å². The number of nitrogens with two attached hydrogens (primary N) is 1. The van der Waals surface area contributed by atoms with Crippen LogP contribution < -0.4 is 11.2 Å². The number of aliphatic carboxylic acids is 1. The number of hydrogen-bond acceptors (Lipinski definition) is 10. The predicted octanol–water partition coefficient (Wildman–Crippen LogP) is -1.33. The summed E-state index contributed by atoms with van der Waals surface area (Å²) < 4.78 is 10.5. The Bertz CT molecular complexity index is 515. The first kappa shape index (κ1) is 32.1. The number of rotatable bonds is 8. The van der Waals surface area contributed by atoms with E-state index in [1.807, 2.05) is 5.48 Å². The van der Waals surface area contributed by atoms with Gasteiger partial charge in [-0.15, -0.1) is 0 Å². The summed E-state index contributed by atoms with van der Waals surface area (Å²) in [7, 11) is 3.49. The third kappa shape index (κ3) is 16.4. The molecule has 1 fully saturated rings. The van der Waals surface area contributed by atoms with Crippen molar-refractivity contribution >= 4 is 24.2 Å². The van der Waals surface area contributed by atoms with Crippen LogP contribution in [0.4, 0.5) is 0 Å². The molecule has 1 rings (SSSR count). The molecule has 2 atom stereocenters. The van der Waals surface area contributed by atoms with Gasteiger partial charge in [0.25, 0.3) is 0 Å². The van der Waals surface area contributed by atoms with Crippen LogP contribution >= 0.6 is 0 Å². The molecule has 0 aromatic heterocycles. The van der Waals surface area contributed by atoms with Crippen molar-refractivity contribution in [1.29, 1.82) is 0 Å². The SMILES string of the molecule is CCC(=O)O.CN=C(/C=C\N(C=O)C1CCC(COC(=O)CN)O1)NO.CO.CO. The maximum atomic E-state index is 11.1. The van der Waals surface area contributed by atoms with Crippen LogP contribution in [0.15, 0.2) is 17.3 Å². The van der Waals surface area contributed by atoms with Crippen LogP contribution in [0.2, 0.25) is 0 Å². The smallest absolute Gasteiger partial charge is 0.319 e. The minimum Gasteiger partial charge on any atom is -0.481 e. The number of carbonyl (C=O) groups is 3. The summed E-state index contributed by atoms with van der Waals surface area (Å²) in [6.45, 7) is 1.54. The topological polar surface area (TPSA) is 204 Å². The molecule has 1 aliphatic heterocycles. The molecule has 176 valence electrons. The number of carboxylic acid groups (broad SMARTS) is 1. The van der Waals surface area contributed by atoms with E-state index >= 15 is 0 Å². The molecule has 0 saturated carbocycles. The average molecular weight is 438 g/mol. The second kappa shape index (κ2) is 22.7. The molecule has 13 nitrogen and oxygen atoms in total. The first-order chi connectivity index (χ1) is 14.4. The van der Waals surface area contributed by atoms with Gasteiger partial charge in [-0.1, -0.05) is 6.92 Å². The Kier molecular flexibility index (Phi) is 24.3. The number of hydrogen-bond donors (Lipinski definition) is 6. The molecule has 7 N–H and O–H groups in total. The summed E-state index contributed by atoms with van der Waals surface area (Å²) in [5, 5.41) is 30.5. The third-order valence-corrected chi connectivity index (χ3v) is 3.20. The molecule has 0 aliphatic carbocycles. The van der Waals surface area contributed by atoms with Gasteiger partial charge in [0.2, 0.25) is 6.41 Å². The molecule has 0 aromatic rings. The Morgan fingerprint density at radius 3 is 2.27 bits per heavy atom. The highest BCUT2D eigenvalue weighted by Crippen LogP contribution is 2.22. The lowest BCUT2D eigenvalue weighted by molar-refractivity contribution is -0.148. The standard InChI is InChI=1S/C12H20N4O5.C3H6O2.2CH4O/c1-14-10(15-19)4-5-16(8-17)11-3-2-9(21-11)7-20-12(18)6-13;1-2-3(4)5;2*1-2/h4-5,8-9,11,19H,2-3,6-7,13H2,1H3,(H,14,15);2H2,1H3,(H,4,5);2*2H,1H3/b5-4-;;;. The summed E-state index contributed by atoms with van der Waals surface area (Å²) in [4.78, 5) is 36.4. The predicted molar refractivity (Wildman–Crippen MR) is 107 cm³/mol. The Labute approximate surface area is 175 Å². The number of aliphatic imine (C=N–C) groups is 1. The number of amidine groups is 1. The normalized spacial score (nSPS) is 17.3. The van der Waals surface area contributed by atoms with E-state index in [2.05, 4.69) is 4.99 Å². The first-order valence-corrected chi connectivity index (χ1v) is 8.81. The van der Waals surface area contributed by atoms with Crippen LogP contribution in [0.25, 0.3) is 0 Å². The zero-order valence-electron chi connectivity index (χ0n) is 17.7. The van der Waals surface area contributed by atoms with Crippen molar-refractivity contribution in [3.63, 3.8) is 0 Å². The molecule has 2 unspecified atom stereocenters. The molecule has 1 heterocycles. The fraction of sp³-hybridized carbons (Fsp3) is 0.647. The summed E-state index contributed by atoms with van der Waals surface area (Å²) >= 11 is 0. The van der Waals surface area contributed by atoms with Gasteiger partial charge in [0.05, 0.1) is 12.6 Å². The van der Waals surface area contributed by atoms with Gasteiger partial charge in [-0.3, -0.25) is 35.0 Å². The maximum absolute atomic E-state index is 11.1. The Balaban J connectivity index is -0.000000692. The van der Waals surface area contributed by atoms with E-state index in [1.54, 1.807) is 6.92 Å². The number of ether oxygens (including phenoxy) is 2. The molecule has 1 aliphatic rings. The molecular weight excluding hydrogens is 404 g/mol. The lowest BCUT2D eigenvalue weighted by Crippen LogP contribution is -2.31. The van der Waals surface area contributed by atoms with Crippen molar-refractivity contribution in [2.75, 3.05) is 34.4 Å². The second-order valence-electron chi connectivity index (χ2n) is 5.01. The monoisotopic (exact) mass is 438 g/mol. The van der Waals surface area contributed by atoms with E-state index in [9.17, 15) is 14.4 Å². The number of aliphatic hydroxyl groups is 2. The molecule has 0 bridgehead atoms. The lowest BCUT2D eigenvalue weighted by atomic mass is 10.2. The van der Waals surface area contributed by atoms with Crippen molar-refractivity contribution in [3.05, 3.63) is 12.3 Å². The first-order valence-electron chi connectivity index (χ1n) is 8.81. The van der Waals surface area contributed by atoms with Crippen LogP contribution in [0.5, 0.6) is 0 Å². The number of amides is 1. The summed E-state index contributed by atoms with van der Waals surface area (Å²) in [5.74, 6) is -1.04. The number of esters is 1. The van der Waals surface area contributed by atoms with Crippen molar-refractivity contribution in [2.45, 2.75) is 38.5 Å². The minimum atomic E-state index is -0.745. The van der Waals surface area contributed by atoms with E-state index in [0.29, 0.717) is 19.3 Å². The Morgan fingerprint density at radius 1 is 1.30 bits per heavy atom. The van der Waals surface area contributed by atoms with Crippen molar-refractivity contribution in [2.24, 2.45) is 10.7 Å². The Hall–Kier alpha value is -2.58. The van der Waals surface area contributed by atoms with E-state index in [4.69, 9.17) is 35.7 Å². The lowest BCUT2D eigenvalue weighted by Gasteiger charge is -2.21. The van der Waals surface area contributed by atoms with Crippen molar-refractivity contribution in [1.82, 2.24) is 10.4 Å². The van der Waals surface area contributed by atoms with Gasteiger partial charge >= 0.3 is 11.9 Å². The number of aliphatic hydroxyl groups excluding tert-OH is 2. The maximum Gasteiger partial charge on any atom is 0.319 e. The number of nitrogens with zero attached hydrogens (tertiary/aromatic N) is 2. The zero-order valence-corrected chi connectivity index (χ0v) is 17.7. The highest BCUT2D eigenvalue weighted by molar-refractivity contribution is 5.91. The van der Waals surface area contributed by atoms with Crippen LogP contribution in [0.3, 0.4) is 0 Å². The van der Waals surface area contributed by atoms with Gasteiger partial charge in [-0.2, -0.15) is 0 Å². The summed E-state index contributed by atoms with van der Waals surface area (Å²) in [6.07, 6.45) is 4.26. The molecule has 0 aromatic carbocycles. The Morgan fingerprint density at radius 2 is 1.87 bits per heavy atom. The van der Waals surface area contributed by atoms with E-state index in [1.165, 1.54) is 24.2 Å². The van der Waals surface area contributed by atoms with E-state index in [-0.39, 0.29) is 31.5 Å². The molecule has 30 heavy (non-hydrogen) atoms. The van der Waals surface area contributed by atoms with Gasteiger partial charge in [-0.05, 0) is 18.9 Å². The zero-order chi connectivity index (χ0) is 23.9. The second-order valence-corrected chi connectivity index (χ2v) is 5.01. The molecule has 13 heteroatoms. The fourth-order valence-electron chi connectivity index (χ4n) is 1.79. The van der Waals surface area contributed by atoms with Gasteiger partial charge in [-0.25, -0.2) is 0 Å². The number of hydroxylamine groups is 1. The fourth-order valence-corrected chi connectivity index (χ4v) is 1.79. The third-order valence-electron chi connectivity index (χ3n) is 3.20. The quantitative estimate of drug-likeness (QED) is 0.0861. The highest BCUT2D eigenvalue weighted by atomic mass is 16.6. The van der Waals surface area contributed by atoms with Gasteiger partial charge in [0.15, 0.2) is 0 Å². The van der Waals surface area contributed by atoms with E-state index < -0.39 is 18.2 Å². The molecular formula is C17H34N4O9. The average Bonchev–Trinajstić information content (AvgIpc) is 3.27. The largest absolute Gasteiger partial charge is 0.481 e. The molecule has 0 spiro atoms. The van der Waals surface area contributed by atoms with Crippen LogP contribution in [0.1, 0.15) is 26.2 Å². The van der Waals surface area contributed by atoms with Crippen LogP contribution in [-0.2, 0) is 23.9 Å². The van der Waals surface area contributed by atoms with Gasteiger partial charge < -0.3 is 30.5 Å². The van der Waals surface area contributed by atoms with Gasteiger partial charge in [0.1, 0.15) is 18.7 Å². The van der Waals surface area contributed by atoms with Crippen molar-refractivity contribution < 1.29 is 44.4 Å². The molecule has 1 amide bonds. The number of nitrogens with one attached hydrogen (secondary N) is 1. The highest BCUT2D eigenvalue weighted by Gasteiger charge is 2.29. The molecule has 0 radical (unpaired) electrons.